The predicted octanol–water partition coefficient (Wildman–Crippen LogP) is 24.5. The number of alkyl halides is 1. The molecule has 0 amide bonds. The van der Waals surface area contributed by atoms with Gasteiger partial charge in [0, 0.05) is 40.7 Å². The van der Waals surface area contributed by atoms with Crippen molar-refractivity contribution in [3.8, 4) is 73.6 Å². The van der Waals surface area contributed by atoms with Gasteiger partial charge in [0.05, 0.1) is 75.5 Å². The van der Waals surface area contributed by atoms with Gasteiger partial charge >= 0.3 is 23.9 Å². The van der Waals surface area contributed by atoms with Crippen LogP contribution in [0.3, 0.4) is 0 Å². The van der Waals surface area contributed by atoms with Gasteiger partial charge in [-0.25, -0.2) is 13.2 Å². The van der Waals surface area contributed by atoms with Gasteiger partial charge in [0.1, 0.15) is 70.9 Å². The minimum Gasteiger partial charge on any atom is -0.508 e. The highest BCUT2D eigenvalue weighted by Gasteiger charge is 2.42. The Morgan fingerprint density at radius 1 is 0.313 bits per heavy atom. The second-order valence-electron chi connectivity index (χ2n) is 37.5. The minimum absolute atomic E-state index is 0.157. The van der Waals surface area contributed by atoms with E-state index in [9.17, 15) is 33.8 Å². The first-order valence-electron chi connectivity index (χ1n) is 47.0. The third-order valence-electron chi connectivity index (χ3n) is 26.9. The zero-order chi connectivity index (χ0) is 95.4. The largest absolute Gasteiger partial charge is 0.508 e. The summed E-state index contributed by atoms with van der Waals surface area (Å²) < 4.78 is 92.6. The molecule has 22 heteroatoms. The topological polar surface area (TPSA) is 202 Å². The molecule has 134 heavy (non-hydrogen) atoms. The number of halogens is 4. The summed E-state index contributed by atoms with van der Waals surface area (Å²) in [6.45, 7) is 0.792. The van der Waals surface area contributed by atoms with Gasteiger partial charge in [-0.3, -0.25) is 19.2 Å². The molecule has 18 nitrogen and oxygen atoms in total. The Hall–Kier alpha value is -11.4. The first-order valence-corrected chi connectivity index (χ1v) is 47.5. The maximum absolute atomic E-state index is 15.1. The highest BCUT2D eigenvalue weighted by atomic mass is 35.5. The number of rotatable bonds is 38. The molecule has 0 spiro atoms. The maximum Gasteiger partial charge on any atom is 0.306 e. The van der Waals surface area contributed by atoms with E-state index < -0.39 is 0 Å². The summed E-state index contributed by atoms with van der Waals surface area (Å²) in [4.78, 5) is 53.4. The maximum atomic E-state index is 15.1. The number of esters is 4. The Bertz CT molecular complexity index is 5340. The lowest BCUT2D eigenvalue weighted by Gasteiger charge is -2.28. The molecule has 7 aliphatic carbocycles. The van der Waals surface area contributed by atoms with Gasteiger partial charge in [-0.2, -0.15) is 0 Å². The quantitative estimate of drug-likeness (QED) is 0.0210. The summed E-state index contributed by atoms with van der Waals surface area (Å²) in [5.74, 6) is 7.60. The number of benzene rings is 10. The normalized spacial score (nSPS) is 16.4. The third kappa shape index (κ3) is 27.7. The molecule has 17 rings (SSSR count). The van der Waals surface area contributed by atoms with E-state index in [0.717, 1.165) is 135 Å². The molecule has 0 saturated heterocycles. The number of aromatic hydroxyl groups is 2. The Morgan fingerprint density at radius 2 is 0.575 bits per heavy atom. The van der Waals surface area contributed by atoms with Gasteiger partial charge in [-0.05, 0) is 373 Å². The number of phenolic OH excluding ortho intramolecular Hbond substituents is 2. The molecule has 10 aromatic rings. The van der Waals surface area contributed by atoms with E-state index in [1.54, 1.807) is 82.0 Å². The van der Waals surface area contributed by atoms with E-state index in [1.807, 2.05) is 84.9 Å². The number of nitrogens with zero attached hydrogens (tertiary/aromatic N) is 3. The fourth-order valence-electron chi connectivity index (χ4n) is 19.0. The summed E-state index contributed by atoms with van der Waals surface area (Å²) in [6, 6.07) is 64.3. The van der Waals surface area contributed by atoms with Gasteiger partial charge in [0.2, 0.25) is 0 Å². The third-order valence-corrected chi connectivity index (χ3v) is 27.2. The standard InChI is InChI=1S/2C33H38FNO4.C20H23ClFNO.2C13H16O3/c2*1-35(2)33(23-11-12-23)30-16-21(8-14-27(30)29-18-25(37-3)13-15-31(29)34)20-39-26-7-5-6-24(17-26)28(22-9-10-22)19-32(36)38-4;1-23(2)20(14-5-6-14)18-10-13(12-21)4-8-16(18)17-11-15(24-3)7-9-19(17)22;2*1-16-13(15)8-12(9-5-6-9)10-3-2-4-11(14)7-10/h2*5-8,13-18,22-23,28,33H,9-12,19-20H2,1-4H3;4,7-11,14,20H,5-6,12H2,1-3H3;2*2-4,7,9,12,14H,5-6,8H2,1H3/t2*28-,33?;;2*12-/m10.10/s1. The average Bonchev–Trinajstić information content (AvgIpc) is 1.61. The van der Waals surface area contributed by atoms with Crippen molar-refractivity contribution in [2.45, 2.75) is 176 Å². The molecule has 7 aliphatic rings. The molecule has 7 saturated carbocycles. The van der Waals surface area contributed by atoms with Crippen LogP contribution in [0.4, 0.5) is 13.2 Å². The van der Waals surface area contributed by atoms with Crippen LogP contribution in [0.2, 0.25) is 0 Å². The van der Waals surface area contributed by atoms with Crippen molar-refractivity contribution >= 4 is 35.5 Å². The van der Waals surface area contributed by atoms with Crippen molar-refractivity contribution in [3.63, 3.8) is 0 Å². The zero-order valence-electron chi connectivity index (χ0n) is 79.6. The van der Waals surface area contributed by atoms with Crippen LogP contribution in [0.25, 0.3) is 33.4 Å². The van der Waals surface area contributed by atoms with Crippen LogP contribution in [0.5, 0.6) is 40.2 Å². The van der Waals surface area contributed by atoms with E-state index in [2.05, 4.69) is 99.5 Å². The zero-order valence-corrected chi connectivity index (χ0v) is 80.4. The van der Waals surface area contributed by atoms with Crippen LogP contribution < -0.4 is 23.7 Å². The summed E-state index contributed by atoms with van der Waals surface area (Å²) >= 11 is 6.05. The van der Waals surface area contributed by atoms with Crippen LogP contribution in [-0.4, -0.2) is 141 Å². The van der Waals surface area contributed by atoms with Gasteiger partial charge in [0.15, 0.2) is 0 Å². The molecule has 0 radical (unpaired) electrons. The molecule has 3 unspecified atom stereocenters. The van der Waals surface area contributed by atoms with Gasteiger partial charge in [-0.15, -0.1) is 11.6 Å². The fourth-order valence-corrected chi connectivity index (χ4v) is 19.1. The molecular weight excluding hydrogens is 1720 g/mol. The molecule has 7 fully saturated rings. The first-order chi connectivity index (χ1) is 64.7. The fraction of sp³-hybridized carbons (Fsp3) is 0.429. The number of methoxy groups -OCH3 is 7. The van der Waals surface area contributed by atoms with E-state index in [0.29, 0.717) is 120 Å². The summed E-state index contributed by atoms with van der Waals surface area (Å²) in [7, 11) is 23.0. The molecule has 0 bridgehead atoms. The van der Waals surface area contributed by atoms with Crippen molar-refractivity contribution < 1.29 is 85.2 Å². The average molecular weight is 1850 g/mol. The molecule has 7 atom stereocenters. The number of ether oxygens (including phenoxy) is 9. The van der Waals surface area contributed by atoms with Crippen LogP contribution in [0.1, 0.15) is 213 Å². The Labute approximate surface area is 793 Å². The minimum atomic E-state index is -0.261. The van der Waals surface area contributed by atoms with Gasteiger partial charge < -0.3 is 67.5 Å². The molecule has 712 valence electrons. The van der Waals surface area contributed by atoms with E-state index in [-0.39, 0.29) is 94.6 Å². The SMILES string of the molecule is COC(=O)C[C@@H](c1cccc(O)c1)C1CC1.COC(=O)C[C@@H](c1cccc(OCc2ccc(-c3cc(OC)ccc3F)c(C(C3CC3)N(C)C)c2)c1)C1CC1.COC(=O)C[C@H](c1cccc(O)c1)C1CC1.COC(=O)C[C@H](c1cccc(OCc2ccc(-c3cc(OC)ccc3F)c(C(C3CC3)N(C)C)c2)c1)C1CC1.COc1ccc(F)c(-c2ccc(CCl)cc2C(C2CC2)N(C)C)c1. The number of carbonyl (C=O) groups excluding carboxylic acids is 4. The van der Waals surface area contributed by atoms with Crippen LogP contribution in [0.15, 0.2) is 206 Å². The number of phenols is 2. The van der Waals surface area contributed by atoms with E-state index in [1.165, 1.54) is 85.2 Å². The molecule has 0 heterocycles. The molecule has 10 aromatic carbocycles. The van der Waals surface area contributed by atoms with Gasteiger partial charge in [-0.1, -0.05) is 103 Å². The van der Waals surface area contributed by atoms with Crippen molar-refractivity contribution in [1.82, 2.24) is 14.7 Å². The molecule has 0 aromatic heterocycles. The van der Waals surface area contributed by atoms with Crippen molar-refractivity contribution in [2.75, 3.05) is 92.1 Å². The monoisotopic (exact) mass is 1850 g/mol. The second-order valence-corrected chi connectivity index (χ2v) is 37.7. The Morgan fingerprint density at radius 3 is 0.821 bits per heavy atom. The number of carbonyl (C=O) groups is 4. The Balaban J connectivity index is 0.000000149. The lowest BCUT2D eigenvalue weighted by Crippen LogP contribution is -2.22. The van der Waals surface area contributed by atoms with Crippen LogP contribution in [0, 0.1) is 58.9 Å². The molecule has 2 N–H and O–H groups in total. The second kappa shape index (κ2) is 47.2. The predicted molar refractivity (Wildman–Crippen MR) is 518 cm³/mol. The molecular formula is C112H131ClF3N3O15. The molecule has 0 aliphatic heterocycles. The van der Waals surface area contributed by atoms with Gasteiger partial charge in [0.25, 0.3) is 0 Å². The highest BCUT2D eigenvalue weighted by molar-refractivity contribution is 6.17. The van der Waals surface area contributed by atoms with Crippen molar-refractivity contribution in [3.05, 3.63) is 279 Å². The summed E-state index contributed by atoms with van der Waals surface area (Å²) in [5, 5.41) is 18.9. The smallest absolute Gasteiger partial charge is 0.306 e. The summed E-state index contributed by atoms with van der Waals surface area (Å²) in [6.07, 6.45) is 17.9. The van der Waals surface area contributed by atoms with E-state index >= 15 is 8.78 Å². The summed E-state index contributed by atoms with van der Waals surface area (Å²) in [5.41, 5.74) is 15.2. The van der Waals surface area contributed by atoms with E-state index in [4.69, 9.17) is 54.2 Å². The van der Waals surface area contributed by atoms with Crippen LogP contribution >= 0.6 is 11.6 Å². The van der Waals surface area contributed by atoms with Crippen molar-refractivity contribution in [2.24, 2.45) is 41.4 Å². The first kappa shape index (κ1) is 100. The van der Waals surface area contributed by atoms with Crippen molar-refractivity contribution in [1.29, 1.82) is 0 Å². The number of hydrogen-bond acceptors (Lipinski definition) is 18. The number of hydrogen-bond donors (Lipinski definition) is 2. The lowest BCUT2D eigenvalue weighted by atomic mass is 9.90. The lowest BCUT2D eigenvalue weighted by molar-refractivity contribution is -0.142. The Kier molecular flexibility index (Phi) is 35.3. The van der Waals surface area contributed by atoms with Crippen LogP contribution in [-0.2, 0) is 57.2 Å². The highest BCUT2D eigenvalue weighted by Crippen LogP contribution is 2.53.